The van der Waals surface area contributed by atoms with Gasteiger partial charge in [0.1, 0.15) is 30.6 Å². The van der Waals surface area contributed by atoms with Crippen molar-refractivity contribution in [2.45, 2.75) is 19.8 Å². The summed E-state index contributed by atoms with van der Waals surface area (Å²) in [5.41, 5.74) is 3.01. The van der Waals surface area contributed by atoms with Gasteiger partial charge in [-0.05, 0) is 47.0 Å². The molecule has 1 N–H and O–H groups in total. The monoisotopic (exact) mass is 489 g/mol. The first-order chi connectivity index (χ1) is 17.5. The van der Waals surface area contributed by atoms with Gasteiger partial charge < -0.3 is 23.8 Å². The van der Waals surface area contributed by atoms with Crippen LogP contribution in [-0.4, -0.2) is 46.8 Å². The van der Waals surface area contributed by atoms with E-state index in [2.05, 4.69) is 15.4 Å². The minimum absolute atomic E-state index is 0.00966. The molecule has 0 bridgehead atoms. The maximum Gasteiger partial charge on any atom is 0.316 e. The predicted octanol–water partition coefficient (Wildman–Crippen LogP) is 4.87. The van der Waals surface area contributed by atoms with E-state index in [9.17, 15) is 9.90 Å². The quantitative estimate of drug-likeness (QED) is 0.246. The largest absolute Gasteiger partial charge is 0.507 e. The normalized spacial score (nSPS) is 11.8. The summed E-state index contributed by atoms with van der Waals surface area (Å²) in [4.78, 5) is 12.0. The first-order valence-corrected chi connectivity index (χ1v) is 11.5. The third kappa shape index (κ3) is 5.80. The number of ether oxygens (including phenoxy) is 3. The van der Waals surface area contributed by atoms with Gasteiger partial charge in [0, 0.05) is 17.2 Å². The molecule has 0 spiro atoms. The molecule has 0 aliphatic heterocycles. The van der Waals surface area contributed by atoms with Crippen molar-refractivity contribution < 1.29 is 28.6 Å². The number of para-hydroxylation sites is 1. The van der Waals surface area contributed by atoms with E-state index in [-0.39, 0.29) is 30.1 Å². The van der Waals surface area contributed by atoms with Crippen molar-refractivity contribution in [3.05, 3.63) is 72.6 Å². The highest BCUT2D eigenvalue weighted by atomic mass is 16.6. The lowest BCUT2D eigenvalue weighted by Gasteiger charge is -2.14. The van der Waals surface area contributed by atoms with E-state index in [0.29, 0.717) is 29.4 Å². The Morgan fingerprint density at radius 1 is 1.00 bits per heavy atom. The van der Waals surface area contributed by atoms with Crippen LogP contribution in [0, 0.1) is 5.92 Å². The van der Waals surface area contributed by atoms with Gasteiger partial charge in [-0.2, -0.15) is 10.2 Å². The molecule has 2 heterocycles. The van der Waals surface area contributed by atoms with Crippen LogP contribution in [0.15, 0.2) is 71.4 Å². The van der Waals surface area contributed by atoms with Gasteiger partial charge in [-0.15, -0.1) is 0 Å². The van der Waals surface area contributed by atoms with Gasteiger partial charge in [0.05, 0.1) is 19.0 Å². The Morgan fingerprint density at radius 3 is 2.47 bits per heavy atom. The van der Waals surface area contributed by atoms with Crippen molar-refractivity contribution in [3.63, 3.8) is 0 Å². The summed E-state index contributed by atoms with van der Waals surface area (Å²) in [5.74, 6) is 0.584. The minimum atomic E-state index is -0.542. The maximum atomic E-state index is 12.0. The lowest BCUT2D eigenvalue weighted by Crippen LogP contribution is -2.19. The summed E-state index contributed by atoms with van der Waals surface area (Å²) in [7, 11) is 1.34. The van der Waals surface area contributed by atoms with Gasteiger partial charge in [-0.1, -0.05) is 38.1 Å². The smallest absolute Gasteiger partial charge is 0.316 e. The summed E-state index contributed by atoms with van der Waals surface area (Å²) in [6.45, 7) is 4.35. The van der Waals surface area contributed by atoms with E-state index < -0.39 is 5.92 Å². The number of hydrogen-bond donors (Lipinski definition) is 1. The van der Waals surface area contributed by atoms with Crippen molar-refractivity contribution in [2.75, 3.05) is 20.3 Å². The third-order valence-electron chi connectivity index (χ3n) is 5.56. The second-order valence-electron chi connectivity index (χ2n) is 8.38. The molecule has 36 heavy (non-hydrogen) atoms. The van der Waals surface area contributed by atoms with Gasteiger partial charge in [0.25, 0.3) is 5.88 Å². The van der Waals surface area contributed by atoms with Crippen molar-refractivity contribution >= 4 is 5.97 Å². The molecule has 1 unspecified atom stereocenters. The highest BCUT2D eigenvalue weighted by molar-refractivity contribution is 5.77. The first-order valence-electron chi connectivity index (χ1n) is 11.5. The fraction of sp³-hybridized carbons (Fsp3) is 0.259. The van der Waals surface area contributed by atoms with Gasteiger partial charge in [-0.25, -0.2) is 0 Å². The number of methoxy groups -OCH3 is 1. The molecule has 1 atom stereocenters. The van der Waals surface area contributed by atoms with Crippen molar-refractivity contribution in [1.82, 2.24) is 15.4 Å². The summed E-state index contributed by atoms with van der Waals surface area (Å²) in [6.07, 6.45) is 1.67. The van der Waals surface area contributed by atoms with E-state index in [0.717, 1.165) is 11.1 Å². The van der Waals surface area contributed by atoms with Crippen LogP contribution >= 0.6 is 0 Å². The number of esters is 1. The number of carbonyl (C=O) groups excluding carboxylic acids is 1. The van der Waals surface area contributed by atoms with Crippen LogP contribution in [0.3, 0.4) is 0 Å². The highest BCUT2D eigenvalue weighted by Gasteiger charge is 2.29. The summed E-state index contributed by atoms with van der Waals surface area (Å²) in [6, 6.07) is 18.0. The molecule has 186 valence electrons. The van der Waals surface area contributed by atoms with E-state index in [4.69, 9.17) is 18.7 Å². The van der Waals surface area contributed by atoms with E-state index in [1.54, 1.807) is 30.5 Å². The zero-order chi connectivity index (χ0) is 25.5. The molecule has 4 aromatic rings. The second kappa shape index (κ2) is 11.4. The molecular weight excluding hydrogens is 462 g/mol. The zero-order valence-corrected chi connectivity index (χ0v) is 20.2. The van der Waals surface area contributed by atoms with Crippen molar-refractivity contribution in [2.24, 2.45) is 5.92 Å². The summed E-state index contributed by atoms with van der Waals surface area (Å²) >= 11 is 0. The number of aromatic nitrogens is 3. The fourth-order valence-corrected chi connectivity index (χ4v) is 3.73. The Balaban J connectivity index is 1.32. The molecule has 0 saturated heterocycles. The van der Waals surface area contributed by atoms with Crippen LogP contribution < -0.4 is 9.47 Å². The number of nitrogens with zero attached hydrogens (tertiary/aromatic N) is 3. The number of carbonyl (C=O) groups is 1. The molecular formula is C27H27N3O6. The highest BCUT2D eigenvalue weighted by Crippen LogP contribution is 2.30. The fourth-order valence-electron chi connectivity index (χ4n) is 3.73. The predicted molar refractivity (Wildman–Crippen MR) is 132 cm³/mol. The number of rotatable bonds is 10. The molecule has 0 fully saturated rings. The topological polar surface area (TPSA) is 117 Å². The van der Waals surface area contributed by atoms with Crippen LogP contribution in [-0.2, 0) is 9.53 Å². The SMILES string of the molecule is COC(=O)C(c1cc(OCCOc2ccc(-c3cnnc(-c4ccccc4O)c3)cc2)no1)C(C)C. The molecule has 0 amide bonds. The van der Waals surface area contributed by atoms with Gasteiger partial charge in [-0.3, -0.25) is 4.79 Å². The molecule has 0 aliphatic carbocycles. The number of aromatic hydroxyl groups is 1. The molecule has 9 nitrogen and oxygen atoms in total. The van der Waals surface area contributed by atoms with Crippen LogP contribution in [0.2, 0.25) is 0 Å². The third-order valence-corrected chi connectivity index (χ3v) is 5.56. The Morgan fingerprint density at radius 2 is 1.75 bits per heavy atom. The Hall–Kier alpha value is -4.40. The Kier molecular flexibility index (Phi) is 7.79. The standard InChI is InChI=1S/C27H27N3O6/c1-17(2)26(27(32)33-3)24-15-25(30-36-24)35-13-12-34-20-10-8-18(9-11-20)19-14-22(29-28-16-19)21-6-4-5-7-23(21)31/h4-11,14-17,26,31H,12-13H2,1-3H3. The lowest BCUT2D eigenvalue weighted by molar-refractivity contribution is -0.144. The van der Waals surface area contributed by atoms with Crippen LogP contribution in [0.1, 0.15) is 25.5 Å². The molecule has 0 aliphatic rings. The molecule has 2 aromatic heterocycles. The summed E-state index contributed by atoms with van der Waals surface area (Å²) < 4.78 is 21.5. The first kappa shape index (κ1) is 24.7. The van der Waals surface area contributed by atoms with Crippen LogP contribution in [0.5, 0.6) is 17.4 Å². The lowest BCUT2D eigenvalue weighted by atomic mass is 9.93. The summed E-state index contributed by atoms with van der Waals surface area (Å²) in [5, 5.41) is 22.2. The average molecular weight is 490 g/mol. The Bertz CT molecular complexity index is 1300. The molecule has 0 saturated carbocycles. The van der Waals surface area contributed by atoms with Crippen molar-refractivity contribution in [1.29, 1.82) is 0 Å². The Labute approximate surface area is 208 Å². The van der Waals surface area contributed by atoms with Crippen LogP contribution in [0.25, 0.3) is 22.4 Å². The number of benzene rings is 2. The second-order valence-corrected chi connectivity index (χ2v) is 8.38. The molecule has 2 aromatic carbocycles. The van der Waals surface area contributed by atoms with Gasteiger partial charge in [0.15, 0.2) is 5.76 Å². The zero-order valence-electron chi connectivity index (χ0n) is 20.2. The molecule has 9 heteroatoms. The number of phenolic OH excluding ortho intramolecular Hbond substituents is 1. The van der Waals surface area contributed by atoms with Gasteiger partial charge >= 0.3 is 5.97 Å². The molecule has 0 radical (unpaired) electrons. The minimum Gasteiger partial charge on any atom is -0.507 e. The number of phenols is 1. The van der Waals surface area contributed by atoms with E-state index >= 15 is 0 Å². The van der Waals surface area contributed by atoms with E-state index in [1.165, 1.54) is 7.11 Å². The van der Waals surface area contributed by atoms with Crippen LogP contribution in [0.4, 0.5) is 0 Å². The molecule has 4 rings (SSSR count). The number of hydrogen-bond acceptors (Lipinski definition) is 9. The average Bonchev–Trinajstić information content (AvgIpc) is 3.35. The maximum absolute atomic E-state index is 12.0. The van der Waals surface area contributed by atoms with Crippen molar-refractivity contribution in [3.8, 4) is 39.8 Å². The van der Waals surface area contributed by atoms with E-state index in [1.807, 2.05) is 50.2 Å². The van der Waals surface area contributed by atoms with Gasteiger partial charge in [0.2, 0.25) is 0 Å².